The Labute approximate surface area is 84.1 Å². The highest BCUT2D eigenvalue weighted by molar-refractivity contribution is 5.69. The highest BCUT2D eigenvalue weighted by atomic mass is 16.6. The van der Waals surface area contributed by atoms with Gasteiger partial charge < -0.3 is 10.1 Å². The Balaban J connectivity index is 2.41. The number of anilines is 1. The molecule has 76 valence electrons. The minimum atomic E-state index is -0.287. The molecule has 0 saturated heterocycles. The molecule has 0 aliphatic carbocycles. The van der Waals surface area contributed by atoms with Crippen molar-refractivity contribution in [3.63, 3.8) is 0 Å². The van der Waals surface area contributed by atoms with Crippen molar-refractivity contribution in [1.29, 1.82) is 0 Å². The van der Waals surface area contributed by atoms with E-state index in [-0.39, 0.29) is 12.2 Å². The fraction of sp³-hybridized carbons (Fsp3) is 0.364. The van der Waals surface area contributed by atoms with Crippen LogP contribution in [-0.4, -0.2) is 12.2 Å². The van der Waals surface area contributed by atoms with Gasteiger partial charge in [-0.05, 0) is 19.1 Å². The van der Waals surface area contributed by atoms with Crippen molar-refractivity contribution in [3.8, 4) is 0 Å². The summed E-state index contributed by atoms with van der Waals surface area (Å²) < 4.78 is 5.05. The monoisotopic (exact) mass is 193 g/mol. The number of ether oxygens (including phenoxy) is 1. The molecular formula is C11H15NO2. The molecule has 0 saturated carbocycles. The summed E-state index contributed by atoms with van der Waals surface area (Å²) in [5.41, 5.74) is 0.948. The van der Waals surface area contributed by atoms with Crippen molar-refractivity contribution < 1.29 is 9.53 Å². The van der Waals surface area contributed by atoms with E-state index in [0.29, 0.717) is 6.42 Å². The van der Waals surface area contributed by atoms with Crippen LogP contribution in [-0.2, 0) is 9.53 Å². The van der Waals surface area contributed by atoms with Gasteiger partial charge in [0.05, 0.1) is 0 Å². The number of para-hydroxylation sites is 1. The SMILES string of the molecule is CCC(=O)OC(C)Nc1ccccc1. The third-order valence-corrected chi connectivity index (χ3v) is 1.74. The number of nitrogens with one attached hydrogen (secondary N) is 1. The minimum Gasteiger partial charge on any atom is -0.442 e. The third kappa shape index (κ3) is 3.47. The molecule has 1 N–H and O–H groups in total. The largest absolute Gasteiger partial charge is 0.442 e. The first kappa shape index (κ1) is 10.6. The molecule has 14 heavy (non-hydrogen) atoms. The molecule has 0 aliphatic heterocycles. The molecule has 0 radical (unpaired) electrons. The Morgan fingerprint density at radius 2 is 2.07 bits per heavy atom. The van der Waals surface area contributed by atoms with E-state index in [2.05, 4.69) is 5.32 Å². The molecule has 1 unspecified atom stereocenters. The molecular weight excluding hydrogens is 178 g/mol. The predicted molar refractivity (Wildman–Crippen MR) is 55.9 cm³/mol. The highest BCUT2D eigenvalue weighted by Gasteiger charge is 2.05. The maximum Gasteiger partial charge on any atom is 0.307 e. The van der Waals surface area contributed by atoms with E-state index in [4.69, 9.17) is 4.74 Å². The number of carbonyl (C=O) groups is 1. The second-order valence-corrected chi connectivity index (χ2v) is 3.00. The van der Waals surface area contributed by atoms with Crippen molar-refractivity contribution in [2.75, 3.05) is 5.32 Å². The Morgan fingerprint density at radius 1 is 1.43 bits per heavy atom. The molecule has 1 aromatic carbocycles. The van der Waals surface area contributed by atoms with Crippen LogP contribution in [0.25, 0.3) is 0 Å². The van der Waals surface area contributed by atoms with Gasteiger partial charge in [0.2, 0.25) is 0 Å². The molecule has 1 atom stereocenters. The average Bonchev–Trinajstić information content (AvgIpc) is 2.19. The summed E-state index contributed by atoms with van der Waals surface area (Å²) in [5.74, 6) is -0.194. The first-order valence-electron chi connectivity index (χ1n) is 4.73. The number of benzene rings is 1. The van der Waals surface area contributed by atoms with Crippen LogP contribution in [0.2, 0.25) is 0 Å². The molecule has 0 amide bonds. The standard InChI is InChI=1S/C11H15NO2/c1-3-11(13)14-9(2)12-10-7-5-4-6-8-10/h4-9,12H,3H2,1-2H3. The zero-order valence-electron chi connectivity index (χ0n) is 8.49. The van der Waals surface area contributed by atoms with Gasteiger partial charge in [0.15, 0.2) is 6.23 Å². The summed E-state index contributed by atoms with van der Waals surface area (Å²) in [4.78, 5) is 11.0. The predicted octanol–water partition coefficient (Wildman–Crippen LogP) is 2.40. The van der Waals surface area contributed by atoms with E-state index in [1.54, 1.807) is 13.8 Å². The van der Waals surface area contributed by atoms with Crippen molar-refractivity contribution in [3.05, 3.63) is 30.3 Å². The van der Waals surface area contributed by atoms with Crippen LogP contribution in [0, 0.1) is 0 Å². The smallest absolute Gasteiger partial charge is 0.307 e. The first-order valence-corrected chi connectivity index (χ1v) is 4.73. The van der Waals surface area contributed by atoms with E-state index in [9.17, 15) is 4.79 Å². The van der Waals surface area contributed by atoms with Gasteiger partial charge in [0.1, 0.15) is 0 Å². The van der Waals surface area contributed by atoms with Gasteiger partial charge in [0.25, 0.3) is 0 Å². The molecule has 1 rings (SSSR count). The average molecular weight is 193 g/mol. The van der Waals surface area contributed by atoms with Crippen LogP contribution in [0.4, 0.5) is 5.69 Å². The zero-order valence-corrected chi connectivity index (χ0v) is 8.49. The molecule has 3 nitrogen and oxygen atoms in total. The Kier molecular flexibility index (Phi) is 3.98. The van der Waals surface area contributed by atoms with Gasteiger partial charge in [-0.2, -0.15) is 0 Å². The van der Waals surface area contributed by atoms with Gasteiger partial charge in [-0.3, -0.25) is 4.79 Å². The third-order valence-electron chi connectivity index (χ3n) is 1.74. The minimum absolute atomic E-state index is 0.194. The molecule has 0 bridgehead atoms. The van der Waals surface area contributed by atoms with E-state index >= 15 is 0 Å². The van der Waals surface area contributed by atoms with Crippen LogP contribution in [0.5, 0.6) is 0 Å². The summed E-state index contributed by atoms with van der Waals surface area (Å²) in [7, 11) is 0. The quantitative estimate of drug-likeness (QED) is 0.589. The Hall–Kier alpha value is -1.51. The lowest BCUT2D eigenvalue weighted by Gasteiger charge is -2.15. The Morgan fingerprint density at radius 3 is 2.64 bits per heavy atom. The van der Waals surface area contributed by atoms with E-state index in [0.717, 1.165) is 5.69 Å². The molecule has 0 heterocycles. The second-order valence-electron chi connectivity index (χ2n) is 3.00. The van der Waals surface area contributed by atoms with Crippen LogP contribution in [0.1, 0.15) is 20.3 Å². The summed E-state index contributed by atoms with van der Waals surface area (Å²) >= 11 is 0. The number of rotatable bonds is 4. The summed E-state index contributed by atoms with van der Waals surface area (Å²) in [5, 5.41) is 3.06. The maximum atomic E-state index is 11.0. The normalized spacial score (nSPS) is 11.9. The fourth-order valence-corrected chi connectivity index (χ4v) is 1.08. The van der Waals surface area contributed by atoms with Crippen LogP contribution >= 0.6 is 0 Å². The van der Waals surface area contributed by atoms with Crippen molar-refractivity contribution in [2.24, 2.45) is 0 Å². The van der Waals surface area contributed by atoms with Gasteiger partial charge >= 0.3 is 5.97 Å². The first-order chi connectivity index (χ1) is 6.72. The van der Waals surface area contributed by atoms with Gasteiger partial charge in [0, 0.05) is 12.1 Å². The van der Waals surface area contributed by atoms with Crippen molar-refractivity contribution in [2.45, 2.75) is 26.5 Å². The van der Waals surface area contributed by atoms with Crippen LogP contribution < -0.4 is 5.32 Å². The van der Waals surface area contributed by atoms with Gasteiger partial charge in [-0.1, -0.05) is 25.1 Å². The van der Waals surface area contributed by atoms with Gasteiger partial charge in [-0.25, -0.2) is 0 Å². The van der Waals surface area contributed by atoms with Crippen molar-refractivity contribution in [1.82, 2.24) is 0 Å². The molecule has 1 aromatic rings. The van der Waals surface area contributed by atoms with E-state index < -0.39 is 0 Å². The summed E-state index contributed by atoms with van der Waals surface area (Å²) in [6, 6.07) is 9.65. The fourth-order valence-electron chi connectivity index (χ4n) is 1.08. The zero-order chi connectivity index (χ0) is 10.4. The van der Waals surface area contributed by atoms with Crippen LogP contribution in [0.3, 0.4) is 0 Å². The lowest BCUT2D eigenvalue weighted by Crippen LogP contribution is -2.22. The Bertz CT molecular complexity index is 285. The number of hydrogen-bond acceptors (Lipinski definition) is 3. The van der Waals surface area contributed by atoms with Crippen molar-refractivity contribution >= 4 is 11.7 Å². The summed E-state index contributed by atoms with van der Waals surface area (Å²) in [6.45, 7) is 3.58. The molecule has 0 spiro atoms. The molecule has 0 fully saturated rings. The number of esters is 1. The summed E-state index contributed by atoms with van der Waals surface area (Å²) in [6.07, 6.45) is 0.116. The molecule has 0 aliphatic rings. The van der Waals surface area contributed by atoms with E-state index in [1.807, 2.05) is 30.3 Å². The number of carbonyl (C=O) groups excluding carboxylic acids is 1. The lowest BCUT2D eigenvalue weighted by molar-refractivity contribution is -0.146. The van der Waals surface area contributed by atoms with Gasteiger partial charge in [-0.15, -0.1) is 0 Å². The topological polar surface area (TPSA) is 38.3 Å². The second kappa shape index (κ2) is 5.27. The molecule has 3 heteroatoms. The van der Waals surface area contributed by atoms with E-state index in [1.165, 1.54) is 0 Å². The molecule has 0 aromatic heterocycles. The lowest BCUT2D eigenvalue weighted by atomic mass is 10.3. The maximum absolute atomic E-state index is 11.0. The highest BCUT2D eigenvalue weighted by Crippen LogP contribution is 2.07. The van der Waals surface area contributed by atoms with Crippen LogP contribution in [0.15, 0.2) is 30.3 Å². The number of hydrogen-bond donors (Lipinski definition) is 1.